The highest BCUT2D eigenvalue weighted by atomic mass is 16.2. The number of carbonyl (C=O) groups excluding carboxylic acids is 3. The summed E-state index contributed by atoms with van der Waals surface area (Å²) in [6.07, 6.45) is 7.62. The minimum absolute atomic E-state index is 0.227. The summed E-state index contributed by atoms with van der Waals surface area (Å²) in [6, 6.07) is 4.94. The number of allylic oxidation sites excluding steroid dienone is 3. The van der Waals surface area contributed by atoms with Crippen LogP contribution in [0.1, 0.15) is 30.9 Å². The molecule has 0 bridgehead atoms. The van der Waals surface area contributed by atoms with E-state index in [0.717, 1.165) is 11.1 Å². The van der Waals surface area contributed by atoms with Crippen molar-refractivity contribution < 1.29 is 14.4 Å². The number of benzene rings is 1. The first-order valence-corrected chi connectivity index (χ1v) is 7.84. The molecule has 1 saturated heterocycles. The number of piperidine rings is 1. The average molecular weight is 322 g/mol. The van der Waals surface area contributed by atoms with Crippen LogP contribution in [0.4, 0.5) is 5.69 Å². The molecular weight excluding hydrogens is 304 g/mol. The van der Waals surface area contributed by atoms with Gasteiger partial charge in [-0.25, -0.2) is 0 Å². The van der Waals surface area contributed by atoms with E-state index in [1.807, 2.05) is 37.3 Å². The topological polar surface area (TPSA) is 66.5 Å². The molecule has 5 nitrogen and oxygen atoms in total. The third-order valence-electron chi connectivity index (χ3n) is 4.21. The molecule has 3 rings (SSSR count). The number of amides is 3. The number of imide groups is 1. The normalized spacial score (nSPS) is 22.2. The first kappa shape index (κ1) is 15.9. The van der Waals surface area contributed by atoms with Crippen molar-refractivity contribution in [3.63, 3.8) is 0 Å². The molecule has 1 unspecified atom stereocenters. The molecule has 1 N–H and O–H groups in total. The quantitative estimate of drug-likeness (QED) is 0.686. The highest BCUT2D eigenvalue weighted by Crippen LogP contribution is 2.41. The fourth-order valence-corrected chi connectivity index (χ4v) is 3.23. The van der Waals surface area contributed by atoms with E-state index in [4.69, 9.17) is 0 Å². The van der Waals surface area contributed by atoms with Crippen LogP contribution in [-0.4, -0.2) is 23.8 Å². The monoisotopic (exact) mass is 322 g/mol. The largest absolute Gasteiger partial charge is 0.295 e. The fourth-order valence-electron chi connectivity index (χ4n) is 3.23. The zero-order valence-electron chi connectivity index (χ0n) is 13.4. The highest BCUT2D eigenvalue weighted by molar-refractivity contribution is 6.35. The molecule has 0 radical (unpaired) electrons. The molecule has 0 aliphatic carbocycles. The third-order valence-corrected chi connectivity index (χ3v) is 4.21. The van der Waals surface area contributed by atoms with Gasteiger partial charge in [-0.05, 0) is 31.1 Å². The number of anilines is 1. The number of fused-ring (bicyclic) bond motifs is 1. The SMILES string of the molecule is C=C/C=C1/C(=O)N(C2CCC(=O)NC2=O)c2cccc(/C=C\C)c21. The maximum Gasteiger partial charge on any atom is 0.259 e. The Bertz CT molecular complexity index is 805. The van der Waals surface area contributed by atoms with E-state index >= 15 is 0 Å². The van der Waals surface area contributed by atoms with Gasteiger partial charge in [0, 0.05) is 17.6 Å². The van der Waals surface area contributed by atoms with Crippen molar-refractivity contribution in [2.24, 2.45) is 0 Å². The van der Waals surface area contributed by atoms with Crippen molar-refractivity contribution >= 4 is 35.1 Å². The lowest BCUT2D eigenvalue weighted by Gasteiger charge is -2.29. The lowest BCUT2D eigenvalue weighted by Crippen LogP contribution is -2.53. The Hall–Kier alpha value is -2.95. The summed E-state index contributed by atoms with van der Waals surface area (Å²) in [4.78, 5) is 38.1. The molecule has 1 fully saturated rings. The molecule has 1 aromatic rings. The molecule has 24 heavy (non-hydrogen) atoms. The van der Waals surface area contributed by atoms with Gasteiger partial charge >= 0.3 is 0 Å². The molecule has 0 spiro atoms. The smallest absolute Gasteiger partial charge is 0.259 e. The molecule has 5 heteroatoms. The van der Waals surface area contributed by atoms with Gasteiger partial charge in [0.1, 0.15) is 6.04 Å². The van der Waals surface area contributed by atoms with E-state index in [9.17, 15) is 14.4 Å². The van der Waals surface area contributed by atoms with Gasteiger partial charge in [0.15, 0.2) is 0 Å². The Kier molecular flexibility index (Phi) is 4.16. The van der Waals surface area contributed by atoms with Crippen LogP contribution in [0.5, 0.6) is 0 Å². The van der Waals surface area contributed by atoms with E-state index < -0.39 is 11.9 Å². The minimum Gasteiger partial charge on any atom is -0.295 e. The van der Waals surface area contributed by atoms with Gasteiger partial charge in [0.2, 0.25) is 11.8 Å². The van der Waals surface area contributed by atoms with Gasteiger partial charge in [0.05, 0.1) is 5.69 Å². The summed E-state index contributed by atoms with van der Waals surface area (Å²) in [5.74, 6) is -0.967. The van der Waals surface area contributed by atoms with E-state index in [1.54, 1.807) is 12.2 Å². The van der Waals surface area contributed by atoms with Gasteiger partial charge in [-0.1, -0.05) is 36.9 Å². The van der Waals surface area contributed by atoms with Crippen LogP contribution in [0, 0.1) is 0 Å². The number of hydrogen-bond donors (Lipinski definition) is 1. The van der Waals surface area contributed by atoms with Crippen molar-refractivity contribution in [2.45, 2.75) is 25.8 Å². The molecule has 0 saturated carbocycles. The molecule has 2 aliphatic rings. The number of carbonyl (C=O) groups is 3. The van der Waals surface area contributed by atoms with E-state index in [0.29, 0.717) is 17.7 Å². The zero-order valence-corrected chi connectivity index (χ0v) is 13.4. The van der Waals surface area contributed by atoms with Crippen LogP contribution < -0.4 is 10.2 Å². The van der Waals surface area contributed by atoms with E-state index in [1.165, 1.54) is 4.90 Å². The number of hydrogen-bond acceptors (Lipinski definition) is 3. The predicted octanol–water partition coefficient (Wildman–Crippen LogP) is 2.44. The van der Waals surface area contributed by atoms with Gasteiger partial charge in [-0.2, -0.15) is 0 Å². The van der Waals surface area contributed by atoms with Crippen LogP contribution in [0.15, 0.2) is 43.0 Å². The highest BCUT2D eigenvalue weighted by Gasteiger charge is 2.42. The lowest BCUT2D eigenvalue weighted by molar-refractivity contribution is -0.135. The standard InChI is InChI=1S/C19H18N2O3/c1-3-6-12-8-5-9-14-17(12)13(7-4-2)19(24)21(14)15-10-11-16(22)20-18(15)23/h3-9,15H,2,10-11H2,1H3,(H,20,22,23)/b6-3-,13-7+. The van der Waals surface area contributed by atoms with Crippen LogP contribution in [0.3, 0.4) is 0 Å². The average Bonchev–Trinajstić information content (AvgIpc) is 2.82. The Morgan fingerprint density at radius 1 is 1.29 bits per heavy atom. The molecule has 2 heterocycles. The molecule has 122 valence electrons. The maximum absolute atomic E-state index is 13.0. The second-order valence-electron chi connectivity index (χ2n) is 5.70. The van der Waals surface area contributed by atoms with Crippen molar-refractivity contribution in [1.29, 1.82) is 0 Å². The van der Waals surface area contributed by atoms with Gasteiger partial charge in [0.25, 0.3) is 5.91 Å². The maximum atomic E-state index is 13.0. The third kappa shape index (κ3) is 2.48. The predicted molar refractivity (Wildman–Crippen MR) is 93.0 cm³/mol. The Balaban J connectivity index is 2.14. The van der Waals surface area contributed by atoms with E-state index in [-0.39, 0.29) is 18.2 Å². The van der Waals surface area contributed by atoms with Crippen LogP contribution in [-0.2, 0) is 14.4 Å². The minimum atomic E-state index is -0.675. The van der Waals surface area contributed by atoms with Crippen molar-refractivity contribution in [3.8, 4) is 0 Å². The van der Waals surface area contributed by atoms with Crippen LogP contribution in [0.2, 0.25) is 0 Å². The summed E-state index contributed by atoms with van der Waals surface area (Å²) < 4.78 is 0. The molecule has 1 atom stereocenters. The first-order valence-electron chi connectivity index (χ1n) is 7.84. The van der Waals surface area contributed by atoms with Gasteiger partial charge < -0.3 is 0 Å². The number of nitrogens with one attached hydrogen (secondary N) is 1. The fraction of sp³-hybridized carbons (Fsp3) is 0.211. The molecule has 1 aromatic carbocycles. The van der Waals surface area contributed by atoms with Gasteiger partial charge in [-0.3, -0.25) is 24.6 Å². The summed E-state index contributed by atoms with van der Waals surface area (Å²) in [5.41, 5.74) is 2.91. The van der Waals surface area contributed by atoms with Crippen molar-refractivity contribution in [1.82, 2.24) is 5.32 Å². The molecule has 0 aromatic heterocycles. The lowest BCUT2D eigenvalue weighted by atomic mass is 9.99. The van der Waals surface area contributed by atoms with Gasteiger partial charge in [-0.15, -0.1) is 0 Å². The zero-order chi connectivity index (χ0) is 17.3. The summed E-state index contributed by atoms with van der Waals surface area (Å²) in [5, 5.41) is 2.32. The number of nitrogens with zero attached hydrogens (tertiary/aromatic N) is 1. The Morgan fingerprint density at radius 2 is 2.08 bits per heavy atom. The molecular formula is C19H18N2O3. The van der Waals surface area contributed by atoms with Crippen LogP contribution >= 0.6 is 0 Å². The summed E-state index contributed by atoms with van der Waals surface area (Å²) >= 11 is 0. The summed E-state index contributed by atoms with van der Waals surface area (Å²) in [7, 11) is 0. The number of rotatable bonds is 3. The molecule has 2 aliphatic heterocycles. The first-order chi connectivity index (χ1) is 11.6. The second kappa shape index (κ2) is 6.28. The Labute approximate surface area is 140 Å². The van der Waals surface area contributed by atoms with Crippen molar-refractivity contribution in [2.75, 3.05) is 4.90 Å². The van der Waals surface area contributed by atoms with Crippen LogP contribution in [0.25, 0.3) is 11.6 Å². The molecule has 3 amide bonds. The second-order valence-corrected chi connectivity index (χ2v) is 5.70. The summed E-state index contributed by atoms with van der Waals surface area (Å²) in [6.45, 7) is 5.59. The van der Waals surface area contributed by atoms with E-state index in [2.05, 4.69) is 11.9 Å². The Morgan fingerprint density at radius 3 is 2.75 bits per heavy atom. The van der Waals surface area contributed by atoms with Crippen molar-refractivity contribution in [3.05, 3.63) is 54.1 Å².